The summed E-state index contributed by atoms with van der Waals surface area (Å²) in [5.41, 5.74) is 0.394. The lowest BCUT2D eigenvalue weighted by Gasteiger charge is -2.14. The second-order valence-electron chi connectivity index (χ2n) is 4.85. The topological polar surface area (TPSA) is 75.6 Å². The Hall–Kier alpha value is -2.04. The van der Waals surface area contributed by atoms with E-state index in [-0.39, 0.29) is 6.10 Å². The van der Waals surface area contributed by atoms with Crippen LogP contribution >= 0.6 is 0 Å². The molecule has 20 heavy (non-hydrogen) atoms. The van der Waals surface area contributed by atoms with Gasteiger partial charge in [-0.15, -0.1) is 0 Å². The molecule has 0 aliphatic rings. The molecule has 110 valence electrons. The highest BCUT2D eigenvalue weighted by atomic mass is 16.5. The highest BCUT2D eigenvalue weighted by Crippen LogP contribution is 2.15. The number of benzene rings is 1. The summed E-state index contributed by atoms with van der Waals surface area (Å²) in [6.07, 6.45) is 1.11. The van der Waals surface area contributed by atoms with Gasteiger partial charge in [0.05, 0.1) is 6.10 Å². The average molecular weight is 279 g/mol. The maximum absolute atomic E-state index is 12.0. The molecule has 0 heterocycles. The Balaban J connectivity index is 2.78. The monoisotopic (exact) mass is 279 g/mol. The molecule has 1 aromatic rings. The first-order valence-electron chi connectivity index (χ1n) is 6.74. The molecule has 1 aromatic carbocycles. The molecule has 0 aromatic heterocycles. The number of carbonyl (C=O) groups excluding carboxylic acids is 1. The van der Waals surface area contributed by atoms with Gasteiger partial charge < -0.3 is 15.2 Å². The number of hydrogen-bond acceptors (Lipinski definition) is 3. The van der Waals surface area contributed by atoms with Gasteiger partial charge in [-0.3, -0.25) is 4.79 Å². The minimum Gasteiger partial charge on any atom is -0.491 e. The SMILES string of the molecule is CCCC(NC(=O)c1cccc(OC(C)C)c1)C(=O)O. The Bertz CT molecular complexity index is 471. The van der Waals surface area contributed by atoms with E-state index in [0.29, 0.717) is 24.2 Å². The highest BCUT2D eigenvalue weighted by molar-refractivity contribution is 5.96. The Morgan fingerprint density at radius 3 is 2.60 bits per heavy atom. The van der Waals surface area contributed by atoms with Crippen molar-refractivity contribution < 1.29 is 19.4 Å². The van der Waals surface area contributed by atoms with Gasteiger partial charge in [-0.25, -0.2) is 4.79 Å². The van der Waals surface area contributed by atoms with Crippen molar-refractivity contribution in [3.05, 3.63) is 29.8 Å². The van der Waals surface area contributed by atoms with E-state index in [9.17, 15) is 9.59 Å². The van der Waals surface area contributed by atoms with Crippen LogP contribution in [0, 0.1) is 0 Å². The zero-order chi connectivity index (χ0) is 15.1. The lowest BCUT2D eigenvalue weighted by molar-refractivity contribution is -0.139. The Morgan fingerprint density at radius 1 is 1.35 bits per heavy atom. The molecule has 5 heteroatoms. The summed E-state index contributed by atoms with van der Waals surface area (Å²) < 4.78 is 5.51. The molecule has 0 bridgehead atoms. The average Bonchev–Trinajstić information content (AvgIpc) is 2.37. The maximum atomic E-state index is 12.0. The number of aliphatic carboxylic acids is 1. The van der Waals surface area contributed by atoms with Gasteiger partial charge in [0.15, 0.2) is 0 Å². The summed E-state index contributed by atoms with van der Waals surface area (Å²) in [7, 11) is 0. The van der Waals surface area contributed by atoms with Crippen molar-refractivity contribution in [3.8, 4) is 5.75 Å². The lowest BCUT2D eigenvalue weighted by atomic mass is 10.1. The third kappa shape index (κ3) is 4.91. The molecule has 1 rings (SSSR count). The number of ether oxygens (including phenoxy) is 1. The first kappa shape index (κ1) is 16.0. The van der Waals surface area contributed by atoms with Crippen molar-refractivity contribution in [1.82, 2.24) is 5.32 Å². The summed E-state index contributed by atoms with van der Waals surface area (Å²) in [6, 6.07) is 5.86. The Morgan fingerprint density at radius 2 is 2.05 bits per heavy atom. The zero-order valence-corrected chi connectivity index (χ0v) is 12.1. The number of carboxylic acid groups (broad SMARTS) is 1. The van der Waals surface area contributed by atoms with Crippen LogP contribution < -0.4 is 10.1 Å². The van der Waals surface area contributed by atoms with Gasteiger partial charge in [0.2, 0.25) is 0 Å². The molecular weight excluding hydrogens is 258 g/mol. The van der Waals surface area contributed by atoms with Crippen LogP contribution in [-0.4, -0.2) is 29.1 Å². The van der Waals surface area contributed by atoms with Crippen LogP contribution in [0.3, 0.4) is 0 Å². The van der Waals surface area contributed by atoms with Crippen molar-refractivity contribution in [1.29, 1.82) is 0 Å². The quantitative estimate of drug-likeness (QED) is 0.804. The van der Waals surface area contributed by atoms with Crippen LogP contribution in [0.1, 0.15) is 44.0 Å². The van der Waals surface area contributed by atoms with Gasteiger partial charge in [-0.05, 0) is 38.5 Å². The molecule has 0 aliphatic carbocycles. The molecule has 0 fully saturated rings. The molecule has 0 saturated heterocycles. The summed E-state index contributed by atoms with van der Waals surface area (Å²) in [5, 5.41) is 11.6. The van der Waals surface area contributed by atoms with Gasteiger partial charge in [0.25, 0.3) is 5.91 Å². The van der Waals surface area contributed by atoms with E-state index in [1.807, 2.05) is 20.8 Å². The molecule has 0 saturated carbocycles. The number of carbonyl (C=O) groups is 2. The fourth-order valence-electron chi connectivity index (χ4n) is 1.77. The lowest BCUT2D eigenvalue weighted by Crippen LogP contribution is -2.40. The predicted molar refractivity (Wildman–Crippen MR) is 76.0 cm³/mol. The first-order valence-corrected chi connectivity index (χ1v) is 6.74. The standard InChI is InChI=1S/C15H21NO4/c1-4-6-13(15(18)19)16-14(17)11-7-5-8-12(9-11)20-10(2)3/h5,7-10,13H,4,6H2,1-3H3,(H,16,17)(H,18,19). The molecule has 2 N–H and O–H groups in total. The van der Waals surface area contributed by atoms with E-state index in [1.165, 1.54) is 0 Å². The number of nitrogens with one attached hydrogen (secondary N) is 1. The molecule has 5 nitrogen and oxygen atoms in total. The van der Waals surface area contributed by atoms with Crippen molar-refractivity contribution in [3.63, 3.8) is 0 Å². The second kappa shape index (κ2) is 7.53. The van der Waals surface area contributed by atoms with Gasteiger partial charge in [-0.1, -0.05) is 19.4 Å². The van der Waals surface area contributed by atoms with Gasteiger partial charge in [0.1, 0.15) is 11.8 Å². The zero-order valence-electron chi connectivity index (χ0n) is 12.1. The fourth-order valence-corrected chi connectivity index (χ4v) is 1.77. The van der Waals surface area contributed by atoms with Crippen molar-refractivity contribution >= 4 is 11.9 Å². The van der Waals surface area contributed by atoms with Gasteiger partial charge in [-0.2, -0.15) is 0 Å². The van der Waals surface area contributed by atoms with Crippen LogP contribution in [0.5, 0.6) is 5.75 Å². The molecule has 0 spiro atoms. The van der Waals surface area contributed by atoms with Crippen LogP contribution in [0.15, 0.2) is 24.3 Å². The maximum Gasteiger partial charge on any atom is 0.326 e. The predicted octanol–water partition coefficient (Wildman–Crippen LogP) is 2.46. The molecule has 1 unspecified atom stereocenters. The molecule has 1 atom stereocenters. The van der Waals surface area contributed by atoms with Crippen LogP contribution in [0.2, 0.25) is 0 Å². The van der Waals surface area contributed by atoms with E-state index < -0.39 is 17.9 Å². The fraction of sp³-hybridized carbons (Fsp3) is 0.467. The highest BCUT2D eigenvalue weighted by Gasteiger charge is 2.19. The number of hydrogen-bond donors (Lipinski definition) is 2. The summed E-state index contributed by atoms with van der Waals surface area (Å²) in [6.45, 7) is 5.67. The summed E-state index contributed by atoms with van der Waals surface area (Å²) >= 11 is 0. The third-order valence-corrected chi connectivity index (χ3v) is 2.65. The molecule has 1 amide bonds. The van der Waals surface area contributed by atoms with Crippen LogP contribution in [-0.2, 0) is 4.79 Å². The van der Waals surface area contributed by atoms with E-state index in [1.54, 1.807) is 24.3 Å². The minimum absolute atomic E-state index is 0.0140. The summed E-state index contributed by atoms with van der Waals surface area (Å²) in [5.74, 6) is -0.829. The van der Waals surface area contributed by atoms with Crippen molar-refractivity contribution in [2.45, 2.75) is 45.8 Å². The smallest absolute Gasteiger partial charge is 0.326 e. The molecule has 0 radical (unpaired) electrons. The van der Waals surface area contributed by atoms with Crippen LogP contribution in [0.25, 0.3) is 0 Å². The minimum atomic E-state index is -1.02. The molecular formula is C15H21NO4. The summed E-state index contributed by atoms with van der Waals surface area (Å²) in [4.78, 5) is 23.1. The van der Waals surface area contributed by atoms with E-state index >= 15 is 0 Å². The molecule has 0 aliphatic heterocycles. The number of rotatable bonds is 7. The third-order valence-electron chi connectivity index (χ3n) is 2.65. The largest absolute Gasteiger partial charge is 0.491 e. The van der Waals surface area contributed by atoms with Crippen LogP contribution in [0.4, 0.5) is 0 Å². The van der Waals surface area contributed by atoms with Gasteiger partial charge in [0, 0.05) is 5.56 Å². The van der Waals surface area contributed by atoms with Crippen molar-refractivity contribution in [2.75, 3.05) is 0 Å². The van der Waals surface area contributed by atoms with E-state index in [2.05, 4.69) is 5.32 Å². The van der Waals surface area contributed by atoms with E-state index in [4.69, 9.17) is 9.84 Å². The Kier molecular flexibility index (Phi) is 6.03. The normalized spacial score (nSPS) is 12.0. The van der Waals surface area contributed by atoms with Gasteiger partial charge >= 0.3 is 5.97 Å². The van der Waals surface area contributed by atoms with Crippen molar-refractivity contribution in [2.24, 2.45) is 0 Å². The number of carboxylic acids is 1. The van der Waals surface area contributed by atoms with E-state index in [0.717, 1.165) is 0 Å². The second-order valence-corrected chi connectivity index (χ2v) is 4.85. The Labute approximate surface area is 118 Å². The first-order chi connectivity index (χ1) is 9.43. The number of amides is 1.